The van der Waals surface area contributed by atoms with E-state index in [1.54, 1.807) is 0 Å². The average molecular weight is 584 g/mol. The zero-order chi connectivity index (χ0) is 30.5. The lowest BCUT2D eigenvalue weighted by molar-refractivity contribution is 1.37. The van der Waals surface area contributed by atoms with Crippen molar-refractivity contribution in [3.8, 4) is 44.5 Å². The van der Waals surface area contributed by atoms with Crippen LogP contribution in [-0.4, -0.2) is 4.98 Å². The predicted molar refractivity (Wildman–Crippen MR) is 196 cm³/mol. The van der Waals surface area contributed by atoms with Crippen molar-refractivity contribution >= 4 is 43.1 Å². The van der Waals surface area contributed by atoms with Gasteiger partial charge in [-0.05, 0) is 100 Å². The molecule has 0 spiro atoms. The molecule has 0 saturated heterocycles. The predicted octanol–water partition coefficient (Wildman–Crippen LogP) is 12.4. The minimum atomic E-state index is 1.16. The van der Waals surface area contributed by atoms with Gasteiger partial charge in [-0.2, -0.15) is 0 Å². The molecule has 1 aromatic heterocycles. The third kappa shape index (κ3) is 4.37. The van der Waals surface area contributed by atoms with E-state index in [4.69, 9.17) is 0 Å². The molecular formula is C45H29N. The number of hydrogen-bond donors (Lipinski definition) is 0. The lowest BCUT2D eigenvalue weighted by Crippen LogP contribution is -1.93. The SMILES string of the molecule is c1ccc(-c2ccc(-c3ccc4c(-c5ccc6ccccc6c5)c5cnccc5c(-c5cccc6ccccc56)c4c3)cc2)cc1. The number of benzene rings is 8. The van der Waals surface area contributed by atoms with Crippen LogP contribution in [0.1, 0.15) is 0 Å². The first kappa shape index (κ1) is 26.4. The molecule has 1 heterocycles. The van der Waals surface area contributed by atoms with Crippen molar-refractivity contribution in [2.75, 3.05) is 0 Å². The fraction of sp³-hybridized carbons (Fsp3) is 0. The Kier molecular flexibility index (Phi) is 6.21. The highest BCUT2D eigenvalue weighted by Gasteiger charge is 2.19. The van der Waals surface area contributed by atoms with Gasteiger partial charge in [0.1, 0.15) is 0 Å². The highest BCUT2D eigenvalue weighted by atomic mass is 14.6. The number of pyridine rings is 1. The summed E-state index contributed by atoms with van der Waals surface area (Å²) in [7, 11) is 0. The second-order valence-electron chi connectivity index (χ2n) is 12.0. The van der Waals surface area contributed by atoms with Gasteiger partial charge in [-0.3, -0.25) is 4.98 Å². The monoisotopic (exact) mass is 583 g/mol. The fourth-order valence-corrected chi connectivity index (χ4v) is 7.13. The normalized spacial score (nSPS) is 11.5. The van der Waals surface area contributed by atoms with Gasteiger partial charge in [0.15, 0.2) is 0 Å². The smallest absolute Gasteiger partial charge is 0.0353 e. The van der Waals surface area contributed by atoms with Crippen LogP contribution in [0.2, 0.25) is 0 Å². The minimum absolute atomic E-state index is 1.16. The van der Waals surface area contributed by atoms with E-state index in [1.165, 1.54) is 82.2 Å². The van der Waals surface area contributed by atoms with Gasteiger partial charge in [0.25, 0.3) is 0 Å². The molecule has 0 fully saturated rings. The molecule has 0 saturated carbocycles. The van der Waals surface area contributed by atoms with Crippen LogP contribution in [0, 0.1) is 0 Å². The summed E-state index contributed by atoms with van der Waals surface area (Å²) in [6.07, 6.45) is 3.98. The first-order valence-electron chi connectivity index (χ1n) is 15.8. The Morgan fingerprint density at radius 2 is 0.935 bits per heavy atom. The van der Waals surface area contributed by atoms with Crippen molar-refractivity contribution in [3.63, 3.8) is 0 Å². The number of hydrogen-bond acceptors (Lipinski definition) is 1. The van der Waals surface area contributed by atoms with Crippen LogP contribution >= 0.6 is 0 Å². The fourth-order valence-electron chi connectivity index (χ4n) is 7.13. The van der Waals surface area contributed by atoms with E-state index >= 15 is 0 Å². The van der Waals surface area contributed by atoms with Crippen molar-refractivity contribution < 1.29 is 0 Å². The molecule has 0 aliphatic carbocycles. The van der Waals surface area contributed by atoms with Crippen molar-refractivity contribution in [1.82, 2.24) is 4.98 Å². The van der Waals surface area contributed by atoms with Gasteiger partial charge < -0.3 is 0 Å². The maximum atomic E-state index is 4.66. The number of fused-ring (bicyclic) bond motifs is 4. The lowest BCUT2D eigenvalue weighted by atomic mass is 9.84. The van der Waals surface area contributed by atoms with Gasteiger partial charge >= 0.3 is 0 Å². The quantitative estimate of drug-likeness (QED) is 0.188. The molecular weight excluding hydrogens is 555 g/mol. The molecule has 214 valence electrons. The molecule has 0 unspecified atom stereocenters. The molecule has 1 heteroatoms. The van der Waals surface area contributed by atoms with Gasteiger partial charge in [-0.15, -0.1) is 0 Å². The van der Waals surface area contributed by atoms with Gasteiger partial charge in [0.05, 0.1) is 0 Å². The summed E-state index contributed by atoms with van der Waals surface area (Å²) in [6.45, 7) is 0. The van der Waals surface area contributed by atoms with Crippen LogP contribution in [0.3, 0.4) is 0 Å². The summed E-state index contributed by atoms with van der Waals surface area (Å²) in [6, 6.07) is 59.5. The molecule has 8 aromatic carbocycles. The van der Waals surface area contributed by atoms with E-state index in [0.717, 1.165) is 5.39 Å². The van der Waals surface area contributed by atoms with Crippen LogP contribution in [-0.2, 0) is 0 Å². The maximum Gasteiger partial charge on any atom is 0.0353 e. The van der Waals surface area contributed by atoms with E-state index < -0.39 is 0 Å². The van der Waals surface area contributed by atoms with E-state index in [-0.39, 0.29) is 0 Å². The highest BCUT2D eigenvalue weighted by Crippen LogP contribution is 2.46. The zero-order valence-electron chi connectivity index (χ0n) is 25.2. The Hall–Kier alpha value is -6.05. The van der Waals surface area contributed by atoms with Gasteiger partial charge in [-0.25, -0.2) is 0 Å². The molecule has 0 amide bonds. The van der Waals surface area contributed by atoms with Crippen LogP contribution in [0.5, 0.6) is 0 Å². The van der Waals surface area contributed by atoms with Crippen molar-refractivity contribution in [1.29, 1.82) is 0 Å². The topological polar surface area (TPSA) is 12.9 Å². The van der Waals surface area contributed by atoms with E-state index in [0.29, 0.717) is 0 Å². The summed E-state index contributed by atoms with van der Waals surface area (Å²) >= 11 is 0. The molecule has 46 heavy (non-hydrogen) atoms. The molecule has 0 N–H and O–H groups in total. The first-order chi connectivity index (χ1) is 22.8. The Labute approximate surface area is 268 Å². The van der Waals surface area contributed by atoms with Crippen LogP contribution in [0.4, 0.5) is 0 Å². The summed E-state index contributed by atoms with van der Waals surface area (Å²) < 4.78 is 0. The maximum absolute atomic E-state index is 4.66. The minimum Gasteiger partial charge on any atom is -0.264 e. The van der Waals surface area contributed by atoms with Crippen molar-refractivity contribution in [2.24, 2.45) is 0 Å². The average Bonchev–Trinajstić information content (AvgIpc) is 3.13. The lowest BCUT2D eigenvalue weighted by Gasteiger charge is -2.19. The van der Waals surface area contributed by atoms with E-state index in [2.05, 4.69) is 169 Å². The van der Waals surface area contributed by atoms with E-state index in [1.807, 2.05) is 12.4 Å². The Morgan fingerprint density at radius 3 is 1.78 bits per heavy atom. The molecule has 9 aromatic rings. The Morgan fingerprint density at radius 1 is 0.304 bits per heavy atom. The van der Waals surface area contributed by atoms with Crippen LogP contribution in [0.25, 0.3) is 87.6 Å². The molecule has 9 rings (SSSR count). The summed E-state index contributed by atoms with van der Waals surface area (Å²) in [5.41, 5.74) is 9.76. The Balaban J connectivity index is 1.35. The molecule has 1 nitrogen and oxygen atoms in total. The zero-order valence-corrected chi connectivity index (χ0v) is 25.2. The largest absolute Gasteiger partial charge is 0.264 e. The molecule has 0 bridgehead atoms. The summed E-state index contributed by atoms with van der Waals surface area (Å²) in [4.78, 5) is 4.66. The van der Waals surface area contributed by atoms with Crippen molar-refractivity contribution in [3.05, 3.63) is 176 Å². The van der Waals surface area contributed by atoms with Crippen LogP contribution in [0.15, 0.2) is 176 Å². The molecule has 0 radical (unpaired) electrons. The third-order valence-corrected chi connectivity index (χ3v) is 9.34. The van der Waals surface area contributed by atoms with Crippen LogP contribution < -0.4 is 0 Å². The molecule has 0 aliphatic heterocycles. The summed E-state index contributed by atoms with van der Waals surface area (Å²) in [5, 5.41) is 9.80. The van der Waals surface area contributed by atoms with Gasteiger partial charge in [0, 0.05) is 17.8 Å². The highest BCUT2D eigenvalue weighted by molar-refractivity contribution is 6.24. The molecule has 0 atom stereocenters. The summed E-state index contributed by atoms with van der Waals surface area (Å²) in [5.74, 6) is 0. The second-order valence-corrected chi connectivity index (χ2v) is 12.0. The van der Waals surface area contributed by atoms with E-state index in [9.17, 15) is 0 Å². The number of rotatable bonds is 4. The van der Waals surface area contributed by atoms with Gasteiger partial charge in [0.2, 0.25) is 0 Å². The molecule has 0 aliphatic rings. The second kappa shape index (κ2) is 10.8. The number of nitrogens with zero attached hydrogens (tertiary/aromatic N) is 1. The Bertz CT molecular complexity index is 2560. The van der Waals surface area contributed by atoms with Gasteiger partial charge in [-0.1, -0.05) is 146 Å². The van der Waals surface area contributed by atoms with Crippen molar-refractivity contribution in [2.45, 2.75) is 0 Å². The number of aromatic nitrogens is 1. The third-order valence-electron chi connectivity index (χ3n) is 9.34. The first-order valence-corrected chi connectivity index (χ1v) is 15.8. The standard InChI is InChI=1S/C45H29N/c1-2-9-30(10-3-1)32-17-19-33(20-18-32)36-23-24-40-42(28-36)45(39-16-8-14-34-12-6-7-15-38(34)39)41-25-26-46-29-43(41)44(40)37-22-21-31-11-4-5-13-35(31)27-37/h1-29H.